The largest absolute Gasteiger partial charge is 0.311 e. The smallest absolute Gasteiger partial charge is 0.0300 e. The van der Waals surface area contributed by atoms with Crippen molar-refractivity contribution in [1.29, 1.82) is 0 Å². The van der Waals surface area contributed by atoms with Crippen molar-refractivity contribution in [2.75, 3.05) is 19.6 Å². The lowest BCUT2D eigenvalue weighted by atomic mass is 10.1. The van der Waals surface area contributed by atoms with Gasteiger partial charge in [0.1, 0.15) is 0 Å². The average molecular weight is 317 g/mol. The molecule has 1 aromatic rings. The molecule has 4 heteroatoms. The van der Waals surface area contributed by atoms with Crippen LogP contribution in [0.15, 0.2) is 15.9 Å². The van der Waals surface area contributed by atoms with Crippen LogP contribution in [0, 0.1) is 5.92 Å². The molecule has 0 aliphatic carbocycles. The second-order valence-corrected chi connectivity index (χ2v) is 7.00. The summed E-state index contributed by atoms with van der Waals surface area (Å²) < 4.78 is 1.20. The van der Waals surface area contributed by atoms with Crippen molar-refractivity contribution in [3.8, 4) is 0 Å². The number of likely N-dealkylation sites (tertiary alicyclic amines) is 1. The van der Waals surface area contributed by atoms with E-state index in [1.54, 1.807) is 0 Å². The average Bonchev–Trinajstić information content (AvgIpc) is 2.81. The molecule has 17 heavy (non-hydrogen) atoms. The van der Waals surface area contributed by atoms with Crippen LogP contribution in [0.4, 0.5) is 0 Å². The maximum Gasteiger partial charge on any atom is 0.0300 e. The van der Waals surface area contributed by atoms with Crippen molar-refractivity contribution >= 4 is 27.3 Å². The lowest BCUT2D eigenvalue weighted by Crippen LogP contribution is -2.34. The topological polar surface area (TPSA) is 15.3 Å². The maximum absolute atomic E-state index is 3.53. The van der Waals surface area contributed by atoms with E-state index in [1.165, 1.54) is 28.9 Å². The zero-order valence-electron chi connectivity index (χ0n) is 10.6. The molecule has 0 aromatic carbocycles. The van der Waals surface area contributed by atoms with Crippen molar-refractivity contribution in [2.24, 2.45) is 5.92 Å². The Morgan fingerprint density at radius 3 is 2.94 bits per heavy atom. The van der Waals surface area contributed by atoms with Crippen LogP contribution in [-0.2, 0) is 6.54 Å². The number of hydrogen-bond donors (Lipinski definition) is 1. The highest BCUT2D eigenvalue weighted by Crippen LogP contribution is 2.21. The molecule has 2 heterocycles. The van der Waals surface area contributed by atoms with Gasteiger partial charge in [-0.1, -0.05) is 6.92 Å². The van der Waals surface area contributed by atoms with Crippen molar-refractivity contribution in [1.82, 2.24) is 10.2 Å². The van der Waals surface area contributed by atoms with E-state index in [1.807, 2.05) is 11.3 Å². The predicted octanol–water partition coefficient (Wildman–Crippen LogP) is 3.33. The molecule has 2 nitrogen and oxygen atoms in total. The molecule has 0 radical (unpaired) electrons. The van der Waals surface area contributed by atoms with Crippen LogP contribution in [0.25, 0.3) is 0 Å². The third kappa shape index (κ3) is 4.05. The molecular formula is C13H21BrN2S. The van der Waals surface area contributed by atoms with Crippen LogP contribution in [0.5, 0.6) is 0 Å². The summed E-state index contributed by atoms with van der Waals surface area (Å²) in [5, 5.41) is 5.67. The lowest BCUT2D eigenvalue weighted by molar-refractivity contribution is 0.264. The van der Waals surface area contributed by atoms with Crippen LogP contribution in [0.1, 0.15) is 25.1 Å². The molecule has 0 bridgehead atoms. The molecule has 0 saturated carbocycles. The Morgan fingerprint density at radius 2 is 2.35 bits per heavy atom. The molecule has 2 unspecified atom stereocenters. The second-order valence-electron chi connectivity index (χ2n) is 5.09. The fourth-order valence-corrected chi connectivity index (χ4v) is 4.00. The van der Waals surface area contributed by atoms with Crippen LogP contribution in [0.2, 0.25) is 0 Å². The number of thiophene rings is 1. The normalized spacial score (nSPS) is 25.6. The number of nitrogens with one attached hydrogen (secondary N) is 1. The highest BCUT2D eigenvalue weighted by Gasteiger charge is 2.24. The Balaban J connectivity index is 1.63. The molecule has 1 saturated heterocycles. The minimum absolute atomic E-state index is 0.766. The van der Waals surface area contributed by atoms with Gasteiger partial charge in [0, 0.05) is 47.0 Å². The zero-order chi connectivity index (χ0) is 12.3. The van der Waals surface area contributed by atoms with E-state index < -0.39 is 0 Å². The minimum atomic E-state index is 0.766. The first kappa shape index (κ1) is 13.5. The standard InChI is InChI=1S/C13H21BrN2S/c1-10-5-11(2)16(8-10)4-3-15-7-13-6-12(14)9-17-13/h6,9-11,15H,3-5,7-8H2,1-2H3. The summed E-state index contributed by atoms with van der Waals surface area (Å²) >= 11 is 5.29. The van der Waals surface area contributed by atoms with Crippen molar-refractivity contribution in [3.63, 3.8) is 0 Å². The molecule has 96 valence electrons. The molecule has 1 N–H and O–H groups in total. The monoisotopic (exact) mass is 316 g/mol. The van der Waals surface area contributed by atoms with Gasteiger partial charge in [0.2, 0.25) is 0 Å². The summed E-state index contributed by atoms with van der Waals surface area (Å²) in [6.45, 7) is 9.24. The number of nitrogens with zero attached hydrogens (tertiary/aromatic N) is 1. The predicted molar refractivity (Wildman–Crippen MR) is 78.5 cm³/mol. The van der Waals surface area contributed by atoms with Gasteiger partial charge in [0.25, 0.3) is 0 Å². The Kier molecular flexibility index (Phi) is 5.03. The Morgan fingerprint density at radius 1 is 1.53 bits per heavy atom. The second kappa shape index (κ2) is 6.32. The number of hydrogen-bond acceptors (Lipinski definition) is 3. The third-order valence-electron chi connectivity index (χ3n) is 3.41. The first-order chi connectivity index (χ1) is 8.15. The van der Waals surface area contributed by atoms with Gasteiger partial charge < -0.3 is 5.32 Å². The molecule has 1 fully saturated rings. The Hall–Kier alpha value is 0.1000. The zero-order valence-corrected chi connectivity index (χ0v) is 13.0. The van der Waals surface area contributed by atoms with Gasteiger partial charge >= 0.3 is 0 Å². The van der Waals surface area contributed by atoms with E-state index in [2.05, 4.69) is 51.4 Å². The highest BCUT2D eigenvalue weighted by molar-refractivity contribution is 9.10. The van der Waals surface area contributed by atoms with Gasteiger partial charge in [0.15, 0.2) is 0 Å². The van der Waals surface area contributed by atoms with Gasteiger partial charge in [-0.3, -0.25) is 4.90 Å². The minimum Gasteiger partial charge on any atom is -0.311 e. The highest BCUT2D eigenvalue weighted by atomic mass is 79.9. The molecule has 0 amide bonds. The fraction of sp³-hybridized carbons (Fsp3) is 0.692. The first-order valence-corrected chi connectivity index (χ1v) is 8.00. The number of rotatable bonds is 5. The summed E-state index contributed by atoms with van der Waals surface area (Å²) in [5.74, 6) is 0.873. The number of halogens is 1. The van der Waals surface area contributed by atoms with Crippen molar-refractivity contribution in [2.45, 2.75) is 32.9 Å². The molecule has 1 aliphatic rings. The molecule has 2 rings (SSSR count). The fourth-order valence-electron chi connectivity index (χ4n) is 2.58. The van der Waals surface area contributed by atoms with Crippen molar-refractivity contribution in [3.05, 3.63) is 20.8 Å². The van der Waals surface area contributed by atoms with Crippen LogP contribution >= 0.6 is 27.3 Å². The summed E-state index contributed by atoms with van der Waals surface area (Å²) in [4.78, 5) is 4.00. The maximum atomic E-state index is 3.53. The molecule has 2 atom stereocenters. The van der Waals surface area contributed by atoms with Crippen LogP contribution < -0.4 is 5.32 Å². The van der Waals surface area contributed by atoms with Crippen LogP contribution in [-0.4, -0.2) is 30.6 Å². The third-order valence-corrected chi connectivity index (χ3v) is 5.11. The summed E-state index contributed by atoms with van der Waals surface area (Å²) in [5.41, 5.74) is 0. The van der Waals surface area contributed by atoms with Gasteiger partial charge in [-0.15, -0.1) is 11.3 Å². The molecular weight excluding hydrogens is 296 g/mol. The van der Waals surface area contributed by atoms with E-state index in [4.69, 9.17) is 0 Å². The van der Waals surface area contributed by atoms with E-state index in [0.29, 0.717) is 0 Å². The van der Waals surface area contributed by atoms with E-state index >= 15 is 0 Å². The summed E-state index contributed by atoms with van der Waals surface area (Å²) in [6, 6.07) is 2.96. The van der Waals surface area contributed by atoms with E-state index in [9.17, 15) is 0 Å². The quantitative estimate of drug-likeness (QED) is 0.838. The van der Waals surface area contributed by atoms with Crippen LogP contribution in [0.3, 0.4) is 0 Å². The van der Waals surface area contributed by atoms with Gasteiger partial charge in [-0.25, -0.2) is 0 Å². The molecule has 1 aromatic heterocycles. The van der Waals surface area contributed by atoms with Gasteiger partial charge in [-0.05, 0) is 41.3 Å². The van der Waals surface area contributed by atoms with Gasteiger partial charge in [0.05, 0.1) is 0 Å². The van der Waals surface area contributed by atoms with Crippen molar-refractivity contribution < 1.29 is 0 Å². The first-order valence-electron chi connectivity index (χ1n) is 6.33. The Labute approximate surface area is 117 Å². The van der Waals surface area contributed by atoms with Gasteiger partial charge in [-0.2, -0.15) is 0 Å². The molecule has 1 aliphatic heterocycles. The Bertz CT molecular complexity index is 353. The van der Waals surface area contributed by atoms with E-state index in [0.717, 1.165) is 25.0 Å². The molecule has 0 spiro atoms. The SMILES string of the molecule is CC1CC(C)N(CCNCc2cc(Br)cs2)C1. The lowest BCUT2D eigenvalue weighted by Gasteiger charge is -2.20. The summed E-state index contributed by atoms with van der Waals surface area (Å²) in [6.07, 6.45) is 1.36. The van der Waals surface area contributed by atoms with E-state index in [-0.39, 0.29) is 0 Å². The summed E-state index contributed by atoms with van der Waals surface area (Å²) in [7, 11) is 0.